The lowest BCUT2D eigenvalue weighted by Gasteiger charge is -2.28. The van der Waals surface area contributed by atoms with Crippen LogP contribution >= 0.6 is 0 Å². The van der Waals surface area contributed by atoms with E-state index in [1.165, 1.54) is 0 Å². The lowest BCUT2D eigenvalue weighted by molar-refractivity contribution is -0.154. The molecule has 2 rings (SSSR count). The smallest absolute Gasteiger partial charge is 0.306 e. The van der Waals surface area contributed by atoms with Crippen molar-refractivity contribution in [3.8, 4) is 0 Å². The summed E-state index contributed by atoms with van der Waals surface area (Å²) in [4.78, 5) is 41.1. The Bertz CT molecular complexity index is 399. The zero-order valence-electron chi connectivity index (χ0n) is 11.3. The average molecular weight is 302 g/mol. The molecule has 0 bridgehead atoms. The lowest BCUT2D eigenvalue weighted by atomic mass is 9.75. The van der Waals surface area contributed by atoms with Crippen LogP contribution in [0, 0.1) is 23.7 Å². The van der Waals surface area contributed by atoms with Crippen molar-refractivity contribution in [2.75, 3.05) is 0 Å². The molecule has 2 saturated carbocycles. The first kappa shape index (κ1) is 16.9. The summed E-state index contributed by atoms with van der Waals surface area (Å²) < 4.78 is 0. The van der Waals surface area contributed by atoms with Crippen LogP contribution in [0.15, 0.2) is 0 Å². The fourth-order valence-electron chi connectivity index (χ4n) is 2.45. The van der Waals surface area contributed by atoms with Crippen molar-refractivity contribution in [1.29, 1.82) is 0 Å². The number of rotatable bonds is 4. The molecule has 0 amide bonds. The van der Waals surface area contributed by atoms with Gasteiger partial charge in [-0.25, -0.2) is 0 Å². The van der Waals surface area contributed by atoms with E-state index in [1.807, 2.05) is 0 Å². The molecule has 0 spiro atoms. The van der Waals surface area contributed by atoms with Gasteiger partial charge in [0.25, 0.3) is 0 Å². The van der Waals surface area contributed by atoms with Crippen LogP contribution in [0.2, 0.25) is 0 Å². The van der Waals surface area contributed by atoms with Crippen LogP contribution in [0.3, 0.4) is 0 Å². The Morgan fingerprint density at radius 1 is 0.524 bits per heavy atom. The van der Waals surface area contributed by atoms with Crippen molar-refractivity contribution in [3.63, 3.8) is 0 Å². The minimum absolute atomic E-state index is 0.296. The number of carbonyl (C=O) groups is 4. The summed E-state index contributed by atoms with van der Waals surface area (Å²) in [6, 6.07) is 0. The molecular formula is C13H18O8. The Hall–Kier alpha value is -2.12. The van der Waals surface area contributed by atoms with Gasteiger partial charge < -0.3 is 20.4 Å². The molecule has 0 aromatic carbocycles. The third-order valence-corrected chi connectivity index (χ3v) is 3.97. The molecular weight excluding hydrogens is 284 g/mol. The minimum atomic E-state index is -0.877. The summed E-state index contributed by atoms with van der Waals surface area (Å²) >= 11 is 0. The quantitative estimate of drug-likeness (QED) is 0.594. The second-order valence-electron chi connectivity index (χ2n) is 5.43. The summed E-state index contributed by atoms with van der Waals surface area (Å²) in [6.07, 6.45) is 1.90. The monoisotopic (exact) mass is 302 g/mol. The highest BCUT2D eigenvalue weighted by atomic mass is 16.4. The average Bonchev–Trinajstić information content (AvgIpc) is 2.75. The van der Waals surface area contributed by atoms with Gasteiger partial charge in [0.1, 0.15) is 0 Å². The third-order valence-electron chi connectivity index (χ3n) is 3.97. The molecule has 0 radical (unpaired) electrons. The highest BCUT2D eigenvalue weighted by molar-refractivity contribution is 5.77. The zero-order chi connectivity index (χ0) is 16.2. The Morgan fingerprint density at radius 2 is 0.762 bits per heavy atom. The second-order valence-corrected chi connectivity index (χ2v) is 5.43. The zero-order valence-corrected chi connectivity index (χ0v) is 11.3. The SMILES string of the molecule is O=C(O)C1CC(C(=O)O)C1.O=C(O)C1CCC(C(=O)O)C1. The molecule has 21 heavy (non-hydrogen) atoms. The van der Waals surface area contributed by atoms with Crippen LogP contribution in [0.1, 0.15) is 32.1 Å². The molecule has 0 aromatic heterocycles. The molecule has 0 aromatic rings. The second kappa shape index (κ2) is 7.05. The number of aliphatic carboxylic acids is 4. The van der Waals surface area contributed by atoms with Gasteiger partial charge in [0.05, 0.1) is 23.7 Å². The van der Waals surface area contributed by atoms with E-state index >= 15 is 0 Å². The molecule has 8 heteroatoms. The van der Waals surface area contributed by atoms with E-state index in [9.17, 15) is 19.2 Å². The number of hydrogen-bond acceptors (Lipinski definition) is 4. The molecule has 2 atom stereocenters. The summed E-state index contributed by atoms with van der Waals surface area (Å²) in [6.45, 7) is 0. The molecule has 2 unspecified atom stereocenters. The number of hydrogen-bond donors (Lipinski definition) is 4. The summed E-state index contributed by atoms with van der Waals surface area (Å²) in [5.74, 6) is -5.19. The van der Waals surface area contributed by atoms with Gasteiger partial charge in [0.15, 0.2) is 0 Å². The van der Waals surface area contributed by atoms with Crippen molar-refractivity contribution in [3.05, 3.63) is 0 Å². The van der Waals surface area contributed by atoms with E-state index in [1.54, 1.807) is 0 Å². The van der Waals surface area contributed by atoms with Crippen molar-refractivity contribution >= 4 is 23.9 Å². The first-order chi connectivity index (χ1) is 9.72. The van der Waals surface area contributed by atoms with Gasteiger partial charge in [0.2, 0.25) is 0 Å². The standard InChI is InChI=1S/C7H10O4.C6H8O4/c8-6(9)4-1-2-5(3-4)7(10)11;7-5(8)3-1-4(2-3)6(9)10/h4-5H,1-3H2,(H,8,9)(H,10,11);3-4H,1-2H2,(H,7,8)(H,9,10). The van der Waals surface area contributed by atoms with E-state index in [0.29, 0.717) is 32.1 Å². The van der Waals surface area contributed by atoms with E-state index < -0.39 is 47.5 Å². The van der Waals surface area contributed by atoms with Gasteiger partial charge in [0, 0.05) is 0 Å². The maximum Gasteiger partial charge on any atom is 0.306 e. The highest BCUT2D eigenvalue weighted by Crippen LogP contribution is 2.33. The van der Waals surface area contributed by atoms with Crippen molar-refractivity contribution in [1.82, 2.24) is 0 Å². The predicted octanol–water partition coefficient (Wildman–Crippen LogP) is 0.754. The summed E-state index contributed by atoms with van der Waals surface area (Å²) in [5.41, 5.74) is 0. The Morgan fingerprint density at radius 3 is 0.952 bits per heavy atom. The van der Waals surface area contributed by atoms with E-state index in [0.717, 1.165) is 0 Å². The van der Waals surface area contributed by atoms with E-state index in [4.69, 9.17) is 20.4 Å². The predicted molar refractivity (Wildman–Crippen MR) is 67.6 cm³/mol. The summed E-state index contributed by atoms with van der Waals surface area (Å²) in [5, 5.41) is 33.7. The molecule has 0 saturated heterocycles. The van der Waals surface area contributed by atoms with Crippen LogP contribution in [-0.4, -0.2) is 44.3 Å². The molecule has 2 aliphatic rings. The van der Waals surface area contributed by atoms with Crippen molar-refractivity contribution in [2.45, 2.75) is 32.1 Å². The Labute approximate surface area is 120 Å². The first-order valence-electron chi connectivity index (χ1n) is 6.63. The van der Waals surface area contributed by atoms with Crippen LogP contribution in [0.25, 0.3) is 0 Å². The third kappa shape index (κ3) is 4.73. The Kier molecular flexibility index (Phi) is 5.69. The molecule has 0 heterocycles. The van der Waals surface area contributed by atoms with Crippen LogP contribution in [0.5, 0.6) is 0 Å². The van der Waals surface area contributed by atoms with Crippen LogP contribution < -0.4 is 0 Å². The molecule has 4 N–H and O–H groups in total. The van der Waals surface area contributed by atoms with Crippen molar-refractivity contribution in [2.24, 2.45) is 23.7 Å². The van der Waals surface area contributed by atoms with E-state index in [-0.39, 0.29) is 0 Å². The van der Waals surface area contributed by atoms with Crippen LogP contribution in [0.4, 0.5) is 0 Å². The van der Waals surface area contributed by atoms with Crippen LogP contribution in [-0.2, 0) is 19.2 Å². The maximum atomic E-state index is 10.4. The molecule has 2 aliphatic carbocycles. The number of carboxylic acid groups (broad SMARTS) is 4. The van der Waals surface area contributed by atoms with Gasteiger partial charge in [-0.3, -0.25) is 19.2 Å². The topological polar surface area (TPSA) is 149 Å². The van der Waals surface area contributed by atoms with Gasteiger partial charge in [-0.1, -0.05) is 0 Å². The van der Waals surface area contributed by atoms with Gasteiger partial charge in [-0.15, -0.1) is 0 Å². The lowest BCUT2D eigenvalue weighted by Crippen LogP contribution is -2.34. The Balaban J connectivity index is 0.000000211. The number of carboxylic acids is 4. The molecule has 2 fully saturated rings. The minimum Gasteiger partial charge on any atom is -0.481 e. The highest BCUT2D eigenvalue weighted by Gasteiger charge is 2.38. The van der Waals surface area contributed by atoms with Gasteiger partial charge in [-0.05, 0) is 32.1 Å². The fourth-order valence-corrected chi connectivity index (χ4v) is 2.45. The largest absolute Gasteiger partial charge is 0.481 e. The molecule has 118 valence electrons. The van der Waals surface area contributed by atoms with Gasteiger partial charge >= 0.3 is 23.9 Å². The fraction of sp³-hybridized carbons (Fsp3) is 0.692. The first-order valence-corrected chi connectivity index (χ1v) is 6.63. The summed E-state index contributed by atoms with van der Waals surface area (Å²) in [7, 11) is 0. The normalized spacial score (nSPS) is 30.5. The molecule has 0 aliphatic heterocycles. The van der Waals surface area contributed by atoms with Gasteiger partial charge in [-0.2, -0.15) is 0 Å². The molecule has 8 nitrogen and oxygen atoms in total. The van der Waals surface area contributed by atoms with Crippen molar-refractivity contribution < 1.29 is 39.6 Å². The van der Waals surface area contributed by atoms with E-state index in [2.05, 4.69) is 0 Å². The maximum absolute atomic E-state index is 10.4.